The smallest absolute Gasteiger partial charge is 0.253 e. The van der Waals surface area contributed by atoms with Crippen LogP contribution in [0.1, 0.15) is 23.2 Å². The predicted molar refractivity (Wildman–Crippen MR) is 75.0 cm³/mol. The average Bonchev–Trinajstić information content (AvgIpc) is 2.90. The van der Waals surface area contributed by atoms with Crippen LogP contribution >= 0.6 is 15.9 Å². The first-order chi connectivity index (χ1) is 8.72. The molecule has 1 aromatic rings. The second-order valence-corrected chi connectivity index (χ2v) is 5.10. The van der Waals surface area contributed by atoms with Crippen LogP contribution in [0.25, 0.3) is 0 Å². The Morgan fingerprint density at radius 1 is 1.44 bits per heavy atom. The van der Waals surface area contributed by atoms with Crippen LogP contribution in [0.3, 0.4) is 0 Å². The van der Waals surface area contributed by atoms with E-state index in [1.165, 1.54) is 0 Å². The number of benzene rings is 1. The molecule has 1 aliphatic rings. The predicted octanol–water partition coefficient (Wildman–Crippen LogP) is 3.25. The Morgan fingerprint density at radius 2 is 2.17 bits per heavy atom. The monoisotopic (exact) mass is 309 g/mol. The van der Waals surface area contributed by atoms with Crippen molar-refractivity contribution < 1.29 is 9.53 Å². The van der Waals surface area contributed by atoms with Crippen molar-refractivity contribution in [2.24, 2.45) is 0 Å². The molecule has 0 saturated carbocycles. The maximum absolute atomic E-state index is 12.2. The van der Waals surface area contributed by atoms with Crippen molar-refractivity contribution >= 4 is 21.8 Å². The summed E-state index contributed by atoms with van der Waals surface area (Å²) in [5.74, 6) is 0.830. The summed E-state index contributed by atoms with van der Waals surface area (Å²) in [4.78, 5) is 14.1. The largest absolute Gasteiger partial charge is 0.488 e. The summed E-state index contributed by atoms with van der Waals surface area (Å²) in [6.45, 7) is 5.79. The fourth-order valence-corrected chi connectivity index (χ4v) is 2.50. The number of halogens is 1. The van der Waals surface area contributed by atoms with Gasteiger partial charge in [0.25, 0.3) is 5.91 Å². The van der Waals surface area contributed by atoms with E-state index in [1.54, 1.807) is 6.08 Å². The van der Waals surface area contributed by atoms with Gasteiger partial charge in [0.1, 0.15) is 12.4 Å². The van der Waals surface area contributed by atoms with Crippen LogP contribution < -0.4 is 4.74 Å². The fourth-order valence-electron chi connectivity index (χ4n) is 2.00. The number of rotatable bonds is 4. The summed E-state index contributed by atoms with van der Waals surface area (Å²) in [5, 5.41) is 0. The lowest BCUT2D eigenvalue weighted by Crippen LogP contribution is -2.27. The first kappa shape index (κ1) is 13.1. The minimum atomic E-state index is 0.100. The quantitative estimate of drug-likeness (QED) is 0.799. The molecule has 0 atom stereocenters. The molecule has 0 radical (unpaired) electrons. The van der Waals surface area contributed by atoms with E-state index in [0.29, 0.717) is 12.2 Å². The normalized spacial score (nSPS) is 14.6. The van der Waals surface area contributed by atoms with Crippen molar-refractivity contribution in [3.05, 3.63) is 40.9 Å². The highest BCUT2D eigenvalue weighted by atomic mass is 79.9. The summed E-state index contributed by atoms with van der Waals surface area (Å²) in [6, 6.07) is 5.44. The Kier molecular flexibility index (Phi) is 4.42. The number of likely N-dealkylation sites (tertiary alicyclic amines) is 1. The zero-order valence-corrected chi connectivity index (χ0v) is 11.8. The molecule has 0 N–H and O–H groups in total. The second-order valence-electron chi connectivity index (χ2n) is 4.24. The van der Waals surface area contributed by atoms with E-state index < -0.39 is 0 Å². The van der Waals surface area contributed by atoms with Crippen LogP contribution in [0.15, 0.2) is 35.3 Å². The molecule has 1 fully saturated rings. The van der Waals surface area contributed by atoms with Crippen molar-refractivity contribution in [1.82, 2.24) is 4.90 Å². The highest BCUT2D eigenvalue weighted by Crippen LogP contribution is 2.27. The van der Waals surface area contributed by atoms with E-state index in [1.807, 2.05) is 23.1 Å². The third-order valence-corrected chi connectivity index (χ3v) is 3.55. The van der Waals surface area contributed by atoms with Gasteiger partial charge in [-0.3, -0.25) is 4.79 Å². The number of hydrogen-bond donors (Lipinski definition) is 0. The Bertz CT molecular complexity index is 453. The van der Waals surface area contributed by atoms with Gasteiger partial charge < -0.3 is 9.64 Å². The number of carbonyl (C=O) groups is 1. The molecule has 1 aliphatic heterocycles. The molecule has 0 aliphatic carbocycles. The van der Waals surface area contributed by atoms with Crippen LogP contribution in [0.4, 0.5) is 0 Å². The first-order valence-electron chi connectivity index (χ1n) is 6.05. The van der Waals surface area contributed by atoms with E-state index in [0.717, 1.165) is 36.2 Å². The van der Waals surface area contributed by atoms with Gasteiger partial charge in [-0.25, -0.2) is 0 Å². The van der Waals surface area contributed by atoms with Gasteiger partial charge in [0.15, 0.2) is 0 Å². The van der Waals surface area contributed by atoms with Crippen molar-refractivity contribution in [2.75, 3.05) is 19.7 Å². The van der Waals surface area contributed by atoms with E-state index in [9.17, 15) is 4.79 Å². The van der Waals surface area contributed by atoms with Crippen LogP contribution in [0, 0.1) is 0 Å². The lowest BCUT2D eigenvalue weighted by Gasteiger charge is -2.16. The summed E-state index contributed by atoms with van der Waals surface area (Å²) in [7, 11) is 0. The summed E-state index contributed by atoms with van der Waals surface area (Å²) in [5.41, 5.74) is 0.703. The molecule has 4 heteroatoms. The van der Waals surface area contributed by atoms with E-state index in [4.69, 9.17) is 4.74 Å². The van der Waals surface area contributed by atoms with E-state index >= 15 is 0 Å². The number of nitrogens with zero attached hydrogens (tertiary/aromatic N) is 1. The van der Waals surface area contributed by atoms with Crippen LogP contribution in [0.5, 0.6) is 5.75 Å². The molecule has 0 spiro atoms. The standard InChI is InChI=1S/C14H16BrNO2/c1-2-9-18-13-6-5-11(10-12(13)15)14(17)16-7-3-4-8-16/h2,5-6,10H,1,3-4,7-9H2. The van der Waals surface area contributed by atoms with Gasteiger partial charge in [0.05, 0.1) is 4.47 Å². The van der Waals surface area contributed by atoms with E-state index in [2.05, 4.69) is 22.5 Å². The van der Waals surface area contributed by atoms with Gasteiger partial charge in [0, 0.05) is 18.7 Å². The molecule has 0 aromatic heterocycles. The molecule has 96 valence electrons. The average molecular weight is 310 g/mol. The number of hydrogen-bond acceptors (Lipinski definition) is 2. The SMILES string of the molecule is C=CCOc1ccc(C(=O)N2CCCC2)cc1Br. The van der Waals surface area contributed by atoms with E-state index in [-0.39, 0.29) is 5.91 Å². The van der Waals surface area contributed by atoms with Gasteiger partial charge in [-0.15, -0.1) is 0 Å². The summed E-state index contributed by atoms with van der Waals surface area (Å²) in [6.07, 6.45) is 3.90. The zero-order valence-electron chi connectivity index (χ0n) is 10.2. The Balaban J connectivity index is 2.12. The molecule has 2 rings (SSSR count). The molecule has 18 heavy (non-hydrogen) atoms. The summed E-state index contributed by atoms with van der Waals surface area (Å²) >= 11 is 3.42. The third-order valence-electron chi connectivity index (χ3n) is 2.93. The second kappa shape index (κ2) is 6.05. The van der Waals surface area contributed by atoms with Crippen LogP contribution in [-0.2, 0) is 0 Å². The van der Waals surface area contributed by atoms with Crippen molar-refractivity contribution in [3.63, 3.8) is 0 Å². The highest BCUT2D eigenvalue weighted by Gasteiger charge is 2.20. The van der Waals surface area contributed by atoms with Crippen LogP contribution in [-0.4, -0.2) is 30.5 Å². The fraction of sp³-hybridized carbons (Fsp3) is 0.357. The van der Waals surface area contributed by atoms with Crippen molar-refractivity contribution in [1.29, 1.82) is 0 Å². The molecule has 0 unspecified atom stereocenters. The topological polar surface area (TPSA) is 29.5 Å². The summed E-state index contributed by atoms with van der Waals surface area (Å²) < 4.78 is 6.26. The molecule has 1 saturated heterocycles. The number of carbonyl (C=O) groups excluding carboxylic acids is 1. The molecule has 1 heterocycles. The van der Waals surface area contributed by atoms with Crippen LogP contribution in [0.2, 0.25) is 0 Å². The van der Waals surface area contributed by atoms with Gasteiger partial charge in [-0.2, -0.15) is 0 Å². The first-order valence-corrected chi connectivity index (χ1v) is 6.84. The molecular weight excluding hydrogens is 294 g/mol. The third kappa shape index (κ3) is 2.93. The Morgan fingerprint density at radius 3 is 2.78 bits per heavy atom. The minimum Gasteiger partial charge on any atom is -0.488 e. The number of ether oxygens (including phenoxy) is 1. The van der Waals surface area contributed by atoms with Gasteiger partial charge in [-0.05, 0) is 47.0 Å². The van der Waals surface area contributed by atoms with Gasteiger partial charge >= 0.3 is 0 Å². The lowest BCUT2D eigenvalue weighted by atomic mass is 10.2. The van der Waals surface area contributed by atoms with Gasteiger partial charge in [0.2, 0.25) is 0 Å². The molecular formula is C14H16BrNO2. The molecule has 3 nitrogen and oxygen atoms in total. The maximum atomic E-state index is 12.2. The number of amides is 1. The molecule has 0 bridgehead atoms. The zero-order chi connectivity index (χ0) is 13.0. The lowest BCUT2D eigenvalue weighted by molar-refractivity contribution is 0.0792. The maximum Gasteiger partial charge on any atom is 0.253 e. The Labute approximate surface area is 116 Å². The van der Waals surface area contributed by atoms with Crippen molar-refractivity contribution in [2.45, 2.75) is 12.8 Å². The Hall–Kier alpha value is -1.29. The molecule has 1 aromatic carbocycles. The molecule has 1 amide bonds. The van der Waals surface area contributed by atoms with Gasteiger partial charge in [-0.1, -0.05) is 12.7 Å². The highest BCUT2D eigenvalue weighted by molar-refractivity contribution is 9.10. The van der Waals surface area contributed by atoms with Crippen molar-refractivity contribution in [3.8, 4) is 5.75 Å². The minimum absolute atomic E-state index is 0.100.